The first kappa shape index (κ1) is 47.5. The van der Waals surface area contributed by atoms with Gasteiger partial charge in [0.2, 0.25) is 0 Å². The molecule has 9 nitrogen and oxygen atoms in total. The zero-order chi connectivity index (χ0) is 45.2. The number of carbonyl (C=O) groups excluding carboxylic acids is 1. The molecule has 2 N–H and O–H groups in total. The van der Waals surface area contributed by atoms with Gasteiger partial charge in [-0.25, -0.2) is 0 Å². The first-order valence-corrected chi connectivity index (χ1v) is 26.7. The molecule has 4 aromatic carbocycles. The molecule has 11 heteroatoms. The molecule has 0 spiro atoms. The Morgan fingerprint density at radius 2 is 1.05 bits per heavy atom. The number of aliphatic hydroxyl groups excluding tert-OH is 2. The normalized spacial score (nSPS) is 26.1. The Morgan fingerprint density at radius 1 is 0.619 bits per heavy atom. The fourth-order valence-corrected chi connectivity index (χ4v) is 19.6. The molecule has 0 aromatic heterocycles. The molecule has 63 heavy (non-hydrogen) atoms. The second-order valence-corrected chi connectivity index (χ2v) is 29.3. The summed E-state index contributed by atoms with van der Waals surface area (Å²) >= 11 is 0. The summed E-state index contributed by atoms with van der Waals surface area (Å²) < 4.78 is 43.6. The molecule has 0 radical (unpaired) electrons. The minimum atomic E-state index is -3.23. The average molecular weight is 895 g/mol. The van der Waals surface area contributed by atoms with Crippen LogP contribution in [0.1, 0.15) is 88.0 Å². The third kappa shape index (κ3) is 9.60. The molecule has 0 bridgehead atoms. The van der Waals surface area contributed by atoms with E-state index < -0.39 is 71.4 Å². The molecule has 0 saturated carbocycles. The van der Waals surface area contributed by atoms with Crippen LogP contribution in [0.15, 0.2) is 121 Å². The maximum Gasteiger partial charge on any atom is 0.311 e. The number of esters is 1. The van der Waals surface area contributed by atoms with E-state index in [9.17, 15) is 15.0 Å². The van der Waals surface area contributed by atoms with Crippen molar-refractivity contribution in [1.29, 1.82) is 0 Å². The van der Waals surface area contributed by atoms with Crippen LogP contribution >= 0.6 is 0 Å². The lowest BCUT2D eigenvalue weighted by Crippen LogP contribution is -2.73. The van der Waals surface area contributed by atoms with Gasteiger partial charge in [-0.1, -0.05) is 163 Å². The van der Waals surface area contributed by atoms with Gasteiger partial charge >= 0.3 is 5.97 Å². The fourth-order valence-electron chi connectivity index (χ4n) is 10.2. The van der Waals surface area contributed by atoms with Crippen LogP contribution in [-0.2, 0) is 32.6 Å². The lowest BCUT2D eigenvalue weighted by Gasteiger charge is -2.53. The predicted molar refractivity (Wildman–Crippen MR) is 253 cm³/mol. The highest BCUT2D eigenvalue weighted by Gasteiger charge is 2.64. The van der Waals surface area contributed by atoms with Crippen molar-refractivity contribution in [3.63, 3.8) is 0 Å². The van der Waals surface area contributed by atoms with Crippen molar-refractivity contribution < 1.29 is 42.8 Å². The molecule has 3 heterocycles. The Morgan fingerprint density at radius 3 is 1.46 bits per heavy atom. The maximum atomic E-state index is 12.8. The van der Waals surface area contributed by atoms with Crippen molar-refractivity contribution in [2.45, 2.75) is 153 Å². The van der Waals surface area contributed by atoms with Gasteiger partial charge in [-0.05, 0) is 64.4 Å². The molecule has 3 aliphatic heterocycles. The molecule has 9 atom stereocenters. The second-order valence-electron chi connectivity index (χ2n) is 20.8. The number of benzene rings is 4. The minimum Gasteiger partial charge on any atom is -0.465 e. The van der Waals surface area contributed by atoms with Gasteiger partial charge in [0, 0.05) is 12.8 Å². The van der Waals surface area contributed by atoms with Crippen LogP contribution in [0, 0.1) is 5.41 Å². The second kappa shape index (κ2) is 19.2. The molecule has 340 valence electrons. The highest BCUT2D eigenvalue weighted by Crippen LogP contribution is 2.48. The smallest absolute Gasteiger partial charge is 0.311 e. The highest BCUT2D eigenvalue weighted by atomic mass is 28.4. The molecule has 7 rings (SSSR count). The molecule has 4 aromatic rings. The third-order valence-electron chi connectivity index (χ3n) is 13.3. The van der Waals surface area contributed by atoms with Gasteiger partial charge in [0.15, 0.2) is 0 Å². The Balaban J connectivity index is 1.37. The van der Waals surface area contributed by atoms with Crippen LogP contribution in [0.4, 0.5) is 0 Å². The van der Waals surface area contributed by atoms with Gasteiger partial charge in [0.25, 0.3) is 16.6 Å². The molecular formula is C52H70O9Si2. The van der Waals surface area contributed by atoms with Gasteiger partial charge in [0.05, 0.1) is 43.0 Å². The summed E-state index contributed by atoms with van der Waals surface area (Å²) in [6.07, 6.45) is -3.23. The monoisotopic (exact) mass is 894 g/mol. The van der Waals surface area contributed by atoms with Crippen molar-refractivity contribution in [2.24, 2.45) is 5.41 Å². The summed E-state index contributed by atoms with van der Waals surface area (Å²) in [5.41, 5.74) is -0.605. The summed E-state index contributed by atoms with van der Waals surface area (Å²) in [5.74, 6) is -0.240. The van der Waals surface area contributed by atoms with Crippen LogP contribution in [0.25, 0.3) is 0 Å². The number of hydrogen-bond donors (Lipinski definition) is 2. The van der Waals surface area contributed by atoms with Crippen LogP contribution in [0.3, 0.4) is 0 Å². The first-order chi connectivity index (χ1) is 29.9. The van der Waals surface area contributed by atoms with E-state index in [1.807, 2.05) is 45.0 Å². The standard InChI is InChI=1S/C52H70O9Si2/c1-50(2,3)49(55)56-33-32-37-30-31-42-44(57-37)48(61-63(52(7,8)9,40-26-18-12-19-27-40)41-28-20-13-21-29-41)47-46(58-42)45(43(59-47)34-36(54)35-53)60-62(51(4,5)6,38-22-14-10-15-23-38)39-24-16-11-17-25-39/h10-29,36-37,42-48,53-54H,30-35H2,1-9H3/t36-,37-,42+,43-,44+,45+,46+,47-,48+/m1/s1. The van der Waals surface area contributed by atoms with Gasteiger partial charge in [-0.15, -0.1) is 0 Å². The molecule has 3 saturated heterocycles. The largest absolute Gasteiger partial charge is 0.465 e. The molecule has 0 amide bonds. The maximum absolute atomic E-state index is 12.8. The molecule has 3 aliphatic rings. The lowest BCUT2D eigenvalue weighted by molar-refractivity contribution is -0.256. The van der Waals surface area contributed by atoms with Crippen molar-refractivity contribution in [3.8, 4) is 0 Å². The average Bonchev–Trinajstić information content (AvgIpc) is 3.59. The zero-order valence-electron chi connectivity index (χ0n) is 38.7. The van der Waals surface area contributed by atoms with E-state index in [4.69, 9.17) is 27.8 Å². The summed E-state index contributed by atoms with van der Waals surface area (Å²) in [7, 11) is -6.43. The lowest BCUT2D eigenvalue weighted by atomic mass is 9.88. The summed E-state index contributed by atoms with van der Waals surface area (Å²) in [4.78, 5) is 12.8. The number of rotatable bonds is 14. The van der Waals surface area contributed by atoms with E-state index in [0.29, 0.717) is 19.3 Å². The zero-order valence-corrected chi connectivity index (χ0v) is 40.7. The van der Waals surface area contributed by atoms with E-state index in [-0.39, 0.29) is 41.3 Å². The fraction of sp³-hybridized carbons (Fsp3) is 0.519. The van der Waals surface area contributed by atoms with E-state index >= 15 is 0 Å². The Hall–Kier alpha value is -3.50. The quantitative estimate of drug-likeness (QED) is 0.106. The van der Waals surface area contributed by atoms with Gasteiger partial charge in [-0.3, -0.25) is 4.79 Å². The van der Waals surface area contributed by atoms with Crippen LogP contribution in [-0.4, -0.2) is 101 Å². The predicted octanol–water partition coefficient (Wildman–Crippen LogP) is 6.68. The van der Waals surface area contributed by atoms with Crippen molar-refractivity contribution in [3.05, 3.63) is 121 Å². The molecule has 0 unspecified atom stereocenters. The van der Waals surface area contributed by atoms with Crippen molar-refractivity contribution in [1.82, 2.24) is 0 Å². The number of carbonyl (C=O) groups is 1. The van der Waals surface area contributed by atoms with Gasteiger partial charge in [0.1, 0.15) is 30.5 Å². The molecule has 0 aliphatic carbocycles. The minimum absolute atomic E-state index is 0.139. The first-order valence-electron chi connectivity index (χ1n) is 22.9. The van der Waals surface area contributed by atoms with Crippen LogP contribution in [0.5, 0.6) is 0 Å². The number of hydrogen-bond acceptors (Lipinski definition) is 9. The van der Waals surface area contributed by atoms with Crippen LogP contribution in [0.2, 0.25) is 10.1 Å². The topological polar surface area (TPSA) is 113 Å². The van der Waals surface area contributed by atoms with E-state index in [1.165, 1.54) is 0 Å². The highest BCUT2D eigenvalue weighted by molar-refractivity contribution is 7.00. The third-order valence-corrected chi connectivity index (χ3v) is 23.3. The SMILES string of the molecule is CC(C)(C)C(=O)OCC[C@H]1CC[C@@H]2O[C@@H]3[C@@H](O[C@H](C[C@@H](O)CO)[C@@H]3O[Si](c3ccccc3)(c3ccccc3)C(C)(C)C)[C@@H](O[Si](c3ccccc3)(c3ccccc3)C(C)(C)C)[C@H]2O1. The summed E-state index contributed by atoms with van der Waals surface area (Å²) in [5, 5.41) is 25.3. The van der Waals surface area contributed by atoms with Gasteiger partial charge in [-0.2, -0.15) is 0 Å². The van der Waals surface area contributed by atoms with Crippen LogP contribution < -0.4 is 20.7 Å². The van der Waals surface area contributed by atoms with E-state index in [2.05, 4.69) is 139 Å². The Kier molecular flexibility index (Phi) is 14.4. The Bertz CT molecular complexity index is 1990. The van der Waals surface area contributed by atoms with E-state index in [0.717, 1.165) is 20.7 Å². The summed E-state index contributed by atoms with van der Waals surface area (Å²) in [6, 6.07) is 42.3. The van der Waals surface area contributed by atoms with E-state index in [1.54, 1.807) is 0 Å². The summed E-state index contributed by atoms with van der Waals surface area (Å²) in [6.45, 7) is 19.0. The number of fused-ring (bicyclic) bond motifs is 2. The number of ether oxygens (including phenoxy) is 4. The molecule has 3 fully saturated rings. The van der Waals surface area contributed by atoms with Crippen molar-refractivity contribution in [2.75, 3.05) is 13.2 Å². The Labute approximate surface area is 377 Å². The number of aliphatic hydroxyl groups is 2. The van der Waals surface area contributed by atoms with Gasteiger partial charge < -0.3 is 38.0 Å². The van der Waals surface area contributed by atoms with Crippen molar-refractivity contribution >= 4 is 43.4 Å². The molecular weight excluding hydrogens is 825 g/mol.